The summed E-state index contributed by atoms with van der Waals surface area (Å²) in [4.78, 5) is 34.8. The van der Waals surface area contributed by atoms with Crippen LogP contribution in [0.25, 0.3) is 111 Å². The molecule has 11 rings (SSSR count). The number of benzene rings is 6. The van der Waals surface area contributed by atoms with Gasteiger partial charge in [-0.2, -0.15) is 5.26 Å². The lowest BCUT2D eigenvalue weighted by atomic mass is 10.0. The van der Waals surface area contributed by atoms with Gasteiger partial charge in [-0.3, -0.25) is 9.97 Å². The number of hydrogen-bond donors (Lipinski definition) is 0. The smallest absolute Gasteiger partial charge is 0.164 e. The molecule has 0 bridgehead atoms. The van der Waals surface area contributed by atoms with Gasteiger partial charge in [-0.15, -0.1) is 0 Å². The van der Waals surface area contributed by atoms with E-state index in [9.17, 15) is 5.26 Å². The van der Waals surface area contributed by atoms with Gasteiger partial charge in [0.2, 0.25) is 0 Å². The Morgan fingerprint density at radius 3 is 1.20 bits per heavy atom. The molecule has 0 aliphatic heterocycles. The van der Waals surface area contributed by atoms with Crippen molar-refractivity contribution in [2.45, 2.75) is 0 Å². The van der Waals surface area contributed by atoms with Gasteiger partial charge in [0.05, 0.1) is 45.1 Å². The fourth-order valence-corrected chi connectivity index (χ4v) is 7.72. The van der Waals surface area contributed by atoms with Gasteiger partial charge in [-0.1, -0.05) is 121 Å². The molecule has 0 aliphatic carbocycles. The van der Waals surface area contributed by atoms with Crippen LogP contribution in [0.3, 0.4) is 0 Å². The summed E-state index contributed by atoms with van der Waals surface area (Å²) in [6.45, 7) is 0. The SMILES string of the molecule is N#Cc1ccc(-c2ccc(-c3nc(-c4cccc(-c5ccc6ccc7cccnc7c6n5)c4)nc(-c4cccc(-c5ccc6ccc7cccnc7c6n5)c4)n3)cc2)cc1. The first kappa shape index (κ1) is 34.7. The van der Waals surface area contributed by atoms with E-state index < -0.39 is 0 Å². The Kier molecular flexibility index (Phi) is 8.35. The van der Waals surface area contributed by atoms with Crippen molar-refractivity contribution >= 4 is 43.6 Å². The highest BCUT2D eigenvalue weighted by Crippen LogP contribution is 2.33. The maximum Gasteiger partial charge on any atom is 0.164 e. The first-order valence-corrected chi connectivity index (χ1v) is 19.5. The normalized spacial score (nSPS) is 11.3. The fourth-order valence-electron chi connectivity index (χ4n) is 7.72. The van der Waals surface area contributed by atoms with Crippen molar-refractivity contribution in [3.05, 3.63) is 188 Å². The average molecular weight is 767 g/mol. The summed E-state index contributed by atoms with van der Waals surface area (Å²) in [6.07, 6.45) is 3.61. The number of rotatable bonds is 6. The van der Waals surface area contributed by atoms with E-state index >= 15 is 0 Å². The molecule has 0 N–H and O–H groups in total. The molecular weight excluding hydrogens is 737 g/mol. The summed E-state index contributed by atoms with van der Waals surface area (Å²) < 4.78 is 0. The molecule has 0 radical (unpaired) electrons. The summed E-state index contributed by atoms with van der Waals surface area (Å²) in [5, 5.41) is 13.4. The number of nitrogens with zero attached hydrogens (tertiary/aromatic N) is 8. The highest BCUT2D eigenvalue weighted by molar-refractivity contribution is 6.04. The molecule has 5 aromatic heterocycles. The molecule has 0 fully saturated rings. The zero-order valence-corrected chi connectivity index (χ0v) is 31.9. The predicted octanol–water partition coefficient (Wildman–Crippen LogP) is 11.9. The number of nitriles is 1. The Balaban J connectivity index is 1.02. The fraction of sp³-hybridized carbons (Fsp3) is 0. The Hall–Kier alpha value is -8.54. The largest absolute Gasteiger partial charge is 0.254 e. The van der Waals surface area contributed by atoms with Crippen molar-refractivity contribution in [2.24, 2.45) is 0 Å². The average Bonchev–Trinajstić information content (AvgIpc) is 3.33. The molecule has 6 aromatic carbocycles. The molecule has 278 valence electrons. The minimum atomic E-state index is 0.535. The van der Waals surface area contributed by atoms with Gasteiger partial charge in [-0.25, -0.2) is 24.9 Å². The van der Waals surface area contributed by atoms with E-state index in [-0.39, 0.29) is 0 Å². The molecule has 0 atom stereocenters. The Morgan fingerprint density at radius 1 is 0.317 bits per heavy atom. The maximum atomic E-state index is 9.28. The van der Waals surface area contributed by atoms with Gasteiger partial charge in [0.25, 0.3) is 0 Å². The van der Waals surface area contributed by atoms with E-state index in [1.165, 1.54) is 0 Å². The third-order valence-electron chi connectivity index (χ3n) is 10.8. The summed E-state index contributed by atoms with van der Waals surface area (Å²) in [5.74, 6) is 1.61. The number of pyridine rings is 4. The Bertz CT molecular complexity index is 3320. The Labute approximate surface area is 344 Å². The van der Waals surface area contributed by atoms with Gasteiger partial charge in [0.15, 0.2) is 17.5 Å². The first-order valence-electron chi connectivity index (χ1n) is 19.5. The molecule has 8 heteroatoms. The van der Waals surface area contributed by atoms with Crippen molar-refractivity contribution in [3.8, 4) is 73.9 Å². The zero-order chi connectivity index (χ0) is 40.0. The van der Waals surface area contributed by atoms with Gasteiger partial charge in [0, 0.05) is 61.8 Å². The third-order valence-corrected chi connectivity index (χ3v) is 10.8. The van der Waals surface area contributed by atoms with Crippen molar-refractivity contribution in [2.75, 3.05) is 0 Å². The summed E-state index contributed by atoms with van der Waals surface area (Å²) in [5.41, 5.74) is 12.1. The van der Waals surface area contributed by atoms with Crippen LogP contribution in [0.2, 0.25) is 0 Å². The molecule has 0 aliphatic rings. The van der Waals surface area contributed by atoms with Gasteiger partial charge >= 0.3 is 0 Å². The van der Waals surface area contributed by atoms with Crippen molar-refractivity contribution in [1.82, 2.24) is 34.9 Å². The quantitative estimate of drug-likeness (QED) is 0.154. The lowest BCUT2D eigenvalue weighted by Gasteiger charge is -2.11. The van der Waals surface area contributed by atoms with Gasteiger partial charge in [-0.05, 0) is 59.7 Å². The maximum absolute atomic E-state index is 9.28. The zero-order valence-electron chi connectivity index (χ0n) is 31.9. The minimum Gasteiger partial charge on any atom is -0.254 e. The van der Waals surface area contributed by atoms with E-state index in [0.717, 1.165) is 93.9 Å². The molecule has 11 aromatic rings. The molecule has 0 unspecified atom stereocenters. The van der Waals surface area contributed by atoms with Crippen molar-refractivity contribution < 1.29 is 0 Å². The van der Waals surface area contributed by atoms with Crippen LogP contribution in [0.5, 0.6) is 0 Å². The molecule has 5 heterocycles. The van der Waals surface area contributed by atoms with Crippen LogP contribution in [0, 0.1) is 11.3 Å². The number of hydrogen-bond acceptors (Lipinski definition) is 8. The first-order chi connectivity index (χ1) is 29.6. The predicted molar refractivity (Wildman–Crippen MR) is 238 cm³/mol. The molecule has 0 saturated heterocycles. The second-order valence-electron chi connectivity index (χ2n) is 14.6. The minimum absolute atomic E-state index is 0.535. The van der Waals surface area contributed by atoms with Crippen LogP contribution < -0.4 is 0 Å². The van der Waals surface area contributed by atoms with E-state index in [1.807, 2.05) is 84.9 Å². The lowest BCUT2D eigenvalue weighted by molar-refractivity contribution is 1.07. The molecule has 0 saturated carbocycles. The summed E-state index contributed by atoms with van der Waals surface area (Å²) in [7, 11) is 0. The molecule has 0 spiro atoms. The molecule has 8 nitrogen and oxygen atoms in total. The van der Waals surface area contributed by atoms with Crippen molar-refractivity contribution in [1.29, 1.82) is 5.26 Å². The van der Waals surface area contributed by atoms with Crippen LogP contribution >= 0.6 is 0 Å². The van der Waals surface area contributed by atoms with Gasteiger partial charge < -0.3 is 0 Å². The highest BCUT2D eigenvalue weighted by atomic mass is 15.0. The molecule has 0 amide bonds. The summed E-state index contributed by atoms with van der Waals surface area (Å²) >= 11 is 0. The second kappa shape index (κ2) is 14.4. The van der Waals surface area contributed by atoms with Gasteiger partial charge in [0.1, 0.15) is 0 Å². The van der Waals surface area contributed by atoms with E-state index in [1.54, 1.807) is 12.4 Å². The summed E-state index contributed by atoms with van der Waals surface area (Å²) in [6, 6.07) is 58.9. The number of aromatic nitrogens is 7. The van der Waals surface area contributed by atoms with E-state index in [0.29, 0.717) is 23.0 Å². The highest BCUT2D eigenvalue weighted by Gasteiger charge is 2.16. The topological polar surface area (TPSA) is 114 Å². The van der Waals surface area contributed by atoms with Crippen LogP contribution in [0.1, 0.15) is 5.56 Å². The standard InChI is InChI=1S/C52H30N8/c53-31-32-11-13-33(14-12-32)34-15-21-39(22-16-34)50-58-51(42-7-1-5-40(29-42)44-25-23-37-19-17-35-9-3-27-54-46(35)48(37)56-44)60-52(59-50)43-8-2-6-41(30-43)45-26-24-38-20-18-36-10-4-28-55-47(36)49(38)57-45/h1-30H. The van der Waals surface area contributed by atoms with Crippen LogP contribution in [0.15, 0.2) is 182 Å². The molecular formula is C52H30N8. The molecule has 60 heavy (non-hydrogen) atoms. The van der Waals surface area contributed by atoms with Crippen molar-refractivity contribution in [3.63, 3.8) is 0 Å². The lowest BCUT2D eigenvalue weighted by Crippen LogP contribution is -2.00. The van der Waals surface area contributed by atoms with Crippen LogP contribution in [-0.4, -0.2) is 34.9 Å². The monoisotopic (exact) mass is 766 g/mol. The van der Waals surface area contributed by atoms with Crippen LogP contribution in [-0.2, 0) is 0 Å². The van der Waals surface area contributed by atoms with E-state index in [2.05, 4.69) is 101 Å². The second-order valence-corrected chi connectivity index (χ2v) is 14.6. The number of fused-ring (bicyclic) bond motifs is 6. The Morgan fingerprint density at radius 2 is 0.717 bits per heavy atom. The third kappa shape index (κ3) is 6.33. The van der Waals surface area contributed by atoms with Crippen LogP contribution in [0.4, 0.5) is 0 Å². The van der Waals surface area contributed by atoms with E-state index in [4.69, 9.17) is 24.9 Å².